The predicted molar refractivity (Wildman–Crippen MR) is 622 cm³/mol. The zero-order valence-corrected chi connectivity index (χ0v) is 80.7. The Morgan fingerprint density at radius 3 is 0.476 bits per heavy atom. The molecule has 0 amide bonds. The lowest BCUT2D eigenvalue weighted by Gasteiger charge is -2.22. The van der Waals surface area contributed by atoms with E-state index < -0.39 is 0 Å². The van der Waals surface area contributed by atoms with Gasteiger partial charge in [0.1, 0.15) is 5.75 Å². The molecule has 1 nitrogen and oxygen atoms in total. The van der Waals surface area contributed by atoms with Crippen molar-refractivity contribution >= 4 is 129 Å². The SMILES string of the molecule is CCOc1ccc(-c2cc(-c3ccc(-c4ccc5ccccc5c4)cc3)c3ccc4c(-c5ccc(-c6ccc7ccccc7c6)cc5)cc(-c5ccc(-c6ccc7ccccc7c6)cc5)c5ccc2c3c54)cc1.Cc1cc(C)cc(-c2cc(-c3ccc(-c4ccc5ccccc5c4)cc3)c3ccc4c(-c5ccc(-c6ccc7ccccc7c6)cc5)cc(-c5ccc(-c6ccc7ccccc7c6)cc5)c5ccc2c3c45)c1. The van der Waals surface area contributed by atoms with Gasteiger partial charge < -0.3 is 4.74 Å². The van der Waals surface area contributed by atoms with Crippen LogP contribution >= 0.6 is 0 Å². The molecule has 28 aromatic carbocycles. The van der Waals surface area contributed by atoms with Crippen LogP contribution in [-0.2, 0) is 0 Å². The van der Waals surface area contributed by atoms with E-state index in [4.69, 9.17) is 4.74 Å². The lowest BCUT2D eigenvalue weighted by Crippen LogP contribution is -1.95. The quantitative estimate of drug-likeness (QED) is 0.0876. The van der Waals surface area contributed by atoms with Crippen LogP contribution in [-0.4, -0.2) is 6.61 Å². The Morgan fingerprint density at radius 2 is 0.290 bits per heavy atom. The molecule has 145 heavy (non-hydrogen) atoms. The minimum absolute atomic E-state index is 0.625. The second kappa shape index (κ2) is 35.7. The van der Waals surface area contributed by atoms with Crippen LogP contribution in [0.5, 0.6) is 5.75 Å². The largest absolute Gasteiger partial charge is 0.494 e. The maximum absolute atomic E-state index is 5.95. The monoisotopic (exact) mass is 1840 g/mol. The van der Waals surface area contributed by atoms with E-state index in [1.165, 1.54) is 291 Å². The van der Waals surface area contributed by atoms with E-state index in [0.717, 1.165) is 11.3 Å². The summed E-state index contributed by atoms with van der Waals surface area (Å²) in [6, 6.07) is 192. The normalized spacial score (nSPS) is 11.7. The lowest BCUT2D eigenvalue weighted by molar-refractivity contribution is 0.340. The van der Waals surface area contributed by atoms with Crippen molar-refractivity contribution in [1.82, 2.24) is 0 Å². The van der Waals surface area contributed by atoms with E-state index in [-0.39, 0.29) is 0 Å². The highest BCUT2D eigenvalue weighted by molar-refractivity contribution is 6.34. The summed E-state index contributed by atoms with van der Waals surface area (Å²) in [7, 11) is 0. The fourth-order valence-corrected chi connectivity index (χ4v) is 23.2. The van der Waals surface area contributed by atoms with Crippen molar-refractivity contribution in [1.29, 1.82) is 0 Å². The highest BCUT2D eigenvalue weighted by Crippen LogP contribution is 2.53. The first-order valence-corrected chi connectivity index (χ1v) is 50.5. The summed E-state index contributed by atoms with van der Waals surface area (Å²) in [6.07, 6.45) is 0. The Bertz CT molecular complexity index is 9660. The first-order valence-electron chi connectivity index (χ1n) is 50.5. The number of hydrogen-bond acceptors (Lipinski definition) is 1. The first kappa shape index (κ1) is 85.8. The summed E-state index contributed by atoms with van der Waals surface area (Å²) in [5.74, 6) is 0.876. The molecule has 0 radical (unpaired) electrons. The van der Waals surface area contributed by atoms with Gasteiger partial charge in [0, 0.05) is 0 Å². The molecule has 0 atom stereocenters. The molecule has 28 rings (SSSR count). The number of fused-ring (bicyclic) bond motifs is 6. The van der Waals surface area contributed by atoms with Gasteiger partial charge in [-0.25, -0.2) is 0 Å². The van der Waals surface area contributed by atoms with Crippen LogP contribution in [0.1, 0.15) is 18.1 Å². The Hall–Kier alpha value is -18.4. The van der Waals surface area contributed by atoms with Gasteiger partial charge in [-0.2, -0.15) is 0 Å². The average molecular weight is 1840 g/mol. The molecule has 0 fully saturated rings. The van der Waals surface area contributed by atoms with Crippen molar-refractivity contribution in [3.05, 3.63) is 527 Å². The van der Waals surface area contributed by atoms with Gasteiger partial charge in [-0.1, -0.05) is 454 Å². The molecule has 0 unspecified atom stereocenters. The zero-order valence-electron chi connectivity index (χ0n) is 80.7. The van der Waals surface area contributed by atoms with Gasteiger partial charge in [-0.15, -0.1) is 0 Å². The molecule has 0 heterocycles. The minimum atomic E-state index is 0.625. The first-order chi connectivity index (χ1) is 71.5. The Labute approximate surface area is 843 Å². The number of ether oxygens (including phenoxy) is 1. The van der Waals surface area contributed by atoms with Crippen molar-refractivity contribution in [2.45, 2.75) is 20.8 Å². The van der Waals surface area contributed by atoms with Gasteiger partial charge in [-0.3, -0.25) is 0 Å². The summed E-state index contributed by atoms with van der Waals surface area (Å²) in [6.45, 7) is 7.09. The van der Waals surface area contributed by atoms with Crippen molar-refractivity contribution in [2.75, 3.05) is 6.61 Å². The van der Waals surface area contributed by atoms with Crippen LogP contribution < -0.4 is 4.74 Å². The second-order valence-electron chi connectivity index (χ2n) is 39.2. The van der Waals surface area contributed by atoms with E-state index in [0.29, 0.717) is 6.61 Å². The molecule has 28 aromatic rings. The average Bonchev–Trinajstić information content (AvgIpc) is 0.706. The highest BCUT2D eigenvalue weighted by Gasteiger charge is 2.26. The summed E-state index contributed by atoms with van der Waals surface area (Å²) in [5.41, 5.74) is 36.4. The topological polar surface area (TPSA) is 9.23 Å². The molecule has 0 aliphatic rings. The molecule has 0 saturated carbocycles. The summed E-state index contributed by atoms with van der Waals surface area (Å²) in [4.78, 5) is 0. The summed E-state index contributed by atoms with van der Waals surface area (Å²) < 4.78 is 5.95. The molecule has 0 aliphatic carbocycles. The van der Waals surface area contributed by atoms with Crippen LogP contribution in [0.25, 0.3) is 285 Å². The van der Waals surface area contributed by atoms with Gasteiger partial charge in [0.15, 0.2) is 0 Å². The van der Waals surface area contributed by atoms with E-state index >= 15 is 0 Å². The maximum Gasteiger partial charge on any atom is 0.119 e. The van der Waals surface area contributed by atoms with E-state index in [1.807, 2.05) is 6.92 Å². The molecule has 1 heteroatoms. The predicted octanol–water partition coefficient (Wildman–Crippen LogP) is 40.4. The third-order valence-corrected chi connectivity index (χ3v) is 30.5. The van der Waals surface area contributed by atoms with Crippen molar-refractivity contribution in [3.8, 4) is 162 Å². The smallest absolute Gasteiger partial charge is 0.119 e. The van der Waals surface area contributed by atoms with E-state index in [9.17, 15) is 0 Å². The van der Waals surface area contributed by atoms with Crippen LogP contribution in [0, 0.1) is 13.8 Å². The number of hydrogen-bond donors (Lipinski definition) is 0. The molecule has 0 saturated heterocycles. The van der Waals surface area contributed by atoms with Crippen LogP contribution in [0.3, 0.4) is 0 Å². The molecule has 0 spiro atoms. The van der Waals surface area contributed by atoms with Crippen LogP contribution in [0.15, 0.2) is 516 Å². The summed E-state index contributed by atoms with van der Waals surface area (Å²) in [5, 5.41) is 30.2. The van der Waals surface area contributed by atoms with Crippen molar-refractivity contribution in [2.24, 2.45) is 0 Å². The molecular weight excluding hydrogens is 1750 g/mol. The lowest BCUT2D eigenvalue weighted by atomic mass is 9.81. The number of aryl methyl sites for hydroxylation is 2. The minimum Gasteiger partial charge on any atom is -0.494 e. The van der Waals surface area contributed by atoms with E-state index in [1.54, 1.807) is 0 Å². The molecular formula is C144H96O. The van der Waals surface area contributed by atoms with Crippen molar-refractivity contribution in [3.63, 3.8) is 0 Å². The maximum atomic E-state index is 5.95. The Morgan fingerprint density at radius 1 is 0.131 bits per heavy atom. The Balaban J connectivity index is 0.000000144. The fourth-order valence-electron chi connectivity index (χ4n) is 23.2. The zero-order chi connectivity index (χ0) is 96.3. The second-order valence-corrected chi connectivity index (χ2v) is 39.2. The molecule has 678 valence electrons. The van der Waals surface area contributed by atoms with E-state index in [2.05, 4.69) is 529 Å². The third kappa shape index (κ3) is 15.6. The molecule has 0 bridgehead atoms. The number of rotatable bonds is 16. The van der Waals surface area contributed by atoms with Crippen LogP contribution in [0.4, 0.5) is 0 Å². The highest BCUT2D eigenvalue weighted by atomic mass is 16.5. The van der Waals surface area contributed by atoms with Crippen LogP contribution in [0.2, 0.25) is 0 Å². The van der Waals surface area contributed by atoms with Gasteiger partial charge in [0.05, 0.1) is 6.61 Å². The van der Waals surface area contributed by atoms with Crippen molar-refractivity contribution < 1.29 is 4.74 Å². The third-order valence-electron chi connectivity index (χ3n) is 30.5. The van der Waals surface area contributed by atoms with Gasteiger partial charge in [-0.05, 0) is 379 Å². The fraction of sp³-hybridized carbons (Fsp3) is 0.0278. The van der Waals surface area contributed by atoms with Gasteiger partial charge in [0.2, 0.25) is 0 Å². The number of benzene rings is 28. The molecule has 0 N–H and O–H groups in total. The van der Waals surface area contributed by atoms with Gasteiger partial charge in [0.25, 0.3) is 0 Å². The standard InChI is InChI=1S/C72H48O.C72H48/c1-2-73-62-35-33-55(34-36-62)70-45-69(54-28-19-51(20-29-54)61-32-23-48-11-5-8-14-58(48)43-61)65-38-37-63-67(52-24-15-49(16-25-52)59-30-21-46-9-3-6-12-56(46)41-59)44-68(64-39-40-66(70)72(65)71(63)64)53-26-17-50(18-27-53)60-31-22-47-10-4-7-13-57(47)42-60;1-45-37-46(2)39-62(38-45)70-44-69(55-28-19-52(20-29-55)61-32-23-49-11-5-8-14-58(49)42-61)65-34-33-63-67(53-24-15-50(16-25-53)59-30-21-47-9-3-6-12-56(47)40-59)43-68(64-35-36-66(70)72(65)71(63)64)54-26-17-51(18-27-54)60-31-22-48-10-4-7-13-57(48)41-60/h3-45H,2H2,1H3;3-44H,1-2H3. The molecule has 0 aromatic heterocycles. The van der Waals surface area contributed by atoms with Gasteiger partial charge >= 0.3 is 0 Å². The Kier molecular flexibility index (Phi) is 21.1. The molecule has 0 aliphatic heterocycles. The summed E-state index contributed by atoms with van der Waals surface area (Å²) >= 11 is 0.